The summed E-state index contributed by atoms with van der Waals surface area (Å²) in [5.41, 5.74) is 3.56. The summed E-state index contributed by atoms with van der Waals surface area (Å²) in [6.07, 6.45) is 3.85. The largest absolute Gasteiger partial charge is 0.508 e. The number of piperidine rings is 1. The summed E-state index contributed by atoms with van der Waals surface area (Å²) >= 11 is 1.49. The number of aryl methyl sites for hydroxylation is 2. The number of phenolic OH excluding ortho intramolecular Hbond substituents is 2. The maximum atomic E-state index is 13.9. The smallest absolute Gasteiger partial charge is 0.195 e. The summed E-state index contributed by atoms with van der Waals surface area (Å²) in [7, 11) is 0. The Morgan fingerprint density at radius 3 is 2.36 bits per heavy atom. The van der Waals surface area contributed by atoms with Gasteiger partial charge in [-0.05, 0) is 106 Å². The number of phenols is 2. The molecule has 0 radical (unpaired) electrons. The van der Waals surface area contributed by atoms with Crippen LogP contribution >= 0.6 is 11.3 Å². The van der Waals surface area contributed by atoms with Crippen molar-refractivity contribution in [3.63, 3.8) is 0 Å². The van der Waals surface area contributed by atoms with Crippen LogP contribution < -0.4 is 4.74 Å². The fourth-order valence-corrected chi connectivity index (χ4v) is 6.20. The van der Waals surface area contributed by atoms with Gasteiger partial charge in [0.25, 0.3) is 0 Å². The van der Waals surface area contributed by atoms with E-state index < -0.39 is 0 Å². The van der Waals surface area contributed by atoms with Gasteiger partial charge < -0.3 is 14.9 Å². The molecule has 5 nitrogen and oxygen atoms in total. The Balaban J connectivity index is 1.45. The lowest BCUT2D eigenvalue weighted by atomic mass is 9.95. The first-order valence-electron chi connectivity index (χ1n) is 12.5. The van der Waals surface area contributed by atoms with E-state index in [0.29, 0.717) is 17.7 Å². The highest BCUT2D eigenvalue weighted by molar-refractivity contribution is 7.23. The highest BCUT2D eigenvalue weighted by Gasteiger charge is 2.24. The second-order valence-electron chi connectivity index (χ2n) is 9.50. The van der Waals surface area contributed by atoms with Crippen LogP contribution in [0.5, 0.6) is 17.2 Å². The van der Waals surface area contributed by atoms with Crippen LogP contribution in [0.3, 0.4) is 0 Å². The van der Waals surface area contributed by atoms with Crippen molar-refractivity contribution in [1.29, 1.82) is 0 Å². The fraction of sp³-hybridized carbons (Fsp3) is 0.300. The molecule has 0 bridgehead atoms. The van der Waals surface area contributed by atoms with Crippen LogP contribution in [-0.2, 0) is 0 Å². The van der Waals surface area contributed by atoms with Crippen molar-refractivity contribution in [3.05, 3.63) is 76.9 Å². The van der Waals surface area contributed by atoms with Gasteiger partial charge in [0.05, 0.1) is 0 Å². The summed E-state index contributed by atoms with van der Waals surface area (Å²) in [6, 6.07) is 16.1. The van der Waals surface area contributed by atoms with Crippen LogP contribution in [0.1, 0.15) is 46.3 Å². The highest BCUT2D eigenvalue weighted by atomic mass is 32.1. The number of ketones is 1. The molecule has 6 heteroatoms. The van der Waals surface area contributed by atoms with Gasteiger partial charge in [0.15, 0.2) is 5.78 Å². The number of hydrogen-bond donors (Lipinski definition) is 2. The molecule has 0 aliphatic carbocycles. The summed E-state index contributed by atoms with van der Waals surface area (Å²) in [5, 5.41) is 21.1. The zero-order valence-electron chi connectivity index (χ0n) is 20.7. The van der Waals surface area contributed by atoms with Gasteiger partial charge in [0.1, 0.15) is 23.9 Å². The van der Waals surface area contributed by atoms with E-state index in [0.717, 1.165) is 57.0 Å². The quantitative estimate of drug-likeness (QED) is 0.276. The van der Waals surface area contributed by atoms with Crippen LogP contribution in [-0.4, -0.2) is 47.1 Å². The zero-order chi connectivity index (χ0) is 25.2. The van der Waals surface area contributed by atoms with Crippen LogP contribution in [0, 0.1) is 13.8 Å². The van der Waals surface area contributed by atoms with Crippen molar-refractivity contribution in [3.8, 4) is 27.7 Å². The lowest BCUT2D eigenvalue weighted by molar-refractivity contribution is 0.104. The van der Waals surface area contributed by atoms with Gasteiger partial charge >= 0.3 is 0 Å². The van der Waals surface area contributed by atoms with Crippen LogP contribution in [0.15, 0.2) is 54.6 Å². The van der Waals surface area contributed by atoms with E-state index in [1.807, 2.05) is 56.3 Å². The van der Waals surface area contributed by atoms with E-state index in [4.69, 9.17) is 4.74 Å². The molecular formula is C30H31NO4S. The monoisotopic (exact) mass is 501 g/mol. The second-order valence-corrected chi connectivity index (χ2v) is 10.5. The van der Waals surface area contributed by atoms with Crippen molar-refractivity contribution in [2.75, 3.05) is 26.2 Å². The second kappa shape index (κ2) is 10.3. The van der Waals surface area contributed by atoms with E-state index in [-0.39, 0.29) is 17.3 Å². The molecule has 1 aromatic heterocycles. The third-order valence-electron chi connectivity index (χ3n) is 6.97. The number of carbonyl (C=O) groups excluding carboxylic acids is 1. The molecule has 3 aromatic carbocycles. The topological polar surface area (TPSA) is 70.0 Å². The average Bonchev–Trinajstić information content (AvgIpc) is 3.27. The number of ether oxygens (including phenoxy) is 1. The molecule has 1 aliphatic rings. The van der Waals surface area contributed by atoms with Gasteiger partial charge in [-0.2, -0.15) is 0 Å². The third-order valence-corrected chi connectivity index (χ3v) is 8.35. The number of fused-ring (bicyclic) bond motifs is 1. The van der Waals surface area contributed by atoms with Gasteiger partial charge in [0, 0.05) is 38.2 Å². The van der Waals surface area contributed by atoms with Crippen LogP contribution in [0.25, 0.3) is 20.5 Å². The molecule has 0 amide bonds. The van der Waals surface area contributed by atoms with E-state index in [9.17, 15) is 15.0 Å². The molecule has 186 valence electrons. The molecule has 2 N–H and O–H groups in total. The molecule has 0 atom stereocenters. The number of hydrogen-bond acceptors (Lipinski definition) is 6. The number of rotatable bonds is 7. The molecule has 0 saturated carbocycles. The highest BCUT2D eigenvalue weighted by Crippen LogP contribution is 2.44. The van der Waals surface area contributed by atoms with E-state index in [1.165, 1.54) is 30.6 Å². The van der Waals surface area contributed by atoms with Crippen LogP contribution in [0.2, 0.25) is 0 Å². The fourth-order valence-electron chi connectivity index (χ4n) is 4.91. The van der Waals surface area contributed by atoms with Crippen molar-refractivity contribution in [2.45, 2.75) is 33.1 Å². The molecule has 1 saturated heterocycles. The van der Waals surface area contributed by atoms with Gasteiger partial charge in [0.2, 0.25) is 0 Å². The average molecular weight is 502 g/mol. The molecule has 5 rings (SSSR count). The normalized spacial score (nSPS) is 14.3. The number of aromatic hydroxyl groups is 2. The number of likely N-dealkylation sites (tertiary alicyclic amines) is 1. The number of thiophene rings is 1. The first-order valence-corrected chi connectivity index (χ1v) is 13.3. The molecule has 0 spiro atoms. The Morgan fingerprint density at radius 2 is 1.67 bits per heavy atom. The predicted octanol–water partition coefficient (Wildman–Crippen LogP) is 6.69. The van der Waals surface area contributed by atoms with Gasteiger partial charge in [-0.3, -0.25) is 9.69 Å². The van der Waals surface area contributed by atoms with Crippen molar-refractivity contribution < 1.29 is 19.7 Å². The van der Waals surface area contributed by atoms with Crippen molar-refractivity contribution in [2.24, 2.45) is 0 Å². The lowest BCUT2D eigenvalue weighted by Gasteiger charge is -2.26. The molecule has 36 heavy (non-hydrogen) atoms. The summed E-state index contributed by atoms with van der Waals surface area (Å²) in [6.45, 7) is 7.57. The standard InChI is InChI=1S/C30H31NO4S/c1-19-18-25-26(30(22-6-10-23(32)11-7-22)36-29(25)20(2)27(19)33)28(34)21-8-12-24(13-9-21)35-17-16-31-14-4-3-5-15-31/h6-13,18,32-33H,3-5,14-17H2,1-2H3. The summed E-state index contributed by atoms with van der Waals surface area (Å²) in [4.78, 5) is 17.1. The molecule has 2 heterocycles. The minimum atomic E-state index is -0.0753. The first kappa shape index (κ1) is 24.3. The van der Waals surface area contributed by atoms with Gasteiger partial charge in [-0.15, -0.1) is 11.3 Å². The summed E-state index contributed by atoms with van der Waals surface area (Å²) < 4.78 is 6.84. The Morgan fingerprint density at radius 1 is 0.972 bits per heavy atom. The number of carbonyl (C=O) groups is 1. The van der Waals surface area contributed by atoms with E-state index in [2.05, 4.69) is 4.90 Å². The molecule has 1 aliphatic heterocycles. The number of benzene rings is 3. The zero-order valence-corrected chi connectivity index (χ0v) is 21.5. The maximum absolute atomic E-state index is 13.9. The predicted molar refractivity (Wildman–Crippen MR) is 146 cm³/mol. The molecular weight excluding hydrogens is 470 g/mol. The summed E-state index contributed by atoms with van der Waals surface area (Å²) in [5.74, 6) is 1.11. The van der Waals surface area contributed by atoms with Crippen molar-refractivity contribution >= 4 is 27.2 Å². The Kier molecular flexibility index (Phi) is 6.99. The lowest BCUT2D eigenvalue weighted by Crippen LogP contribution is -2.33. The number of nitrogens with zero attached hydrogens (tertiary/aromatic N) is 1. The first-order chi connectivity index (χ1) is 17.4. The van der Waals surface area contributed by atoms with Crippen LogP contribution in [0.4, 0.5) is 0 Å². The molecule has 0 unspecified atom stereocenters. The van der Waals surface area contributed by atoms with Gasteiger partial charge in [-0.1, -0.05) is 6.42 Å². The van der Waals surface area contributed by atoms with Gasteiger partial charge in [-0.25, -0.2) is 0 Å². The van der Waals surface area contributed by atoms with E-state index >= 15 is 0 Å². The van der Waals surface area contributed by atoms with E-state index in [1.54, 1.807) is 12.1 Å². The Labute approximate surface area is 215 Å². The Bertz CT molecular complexity index is 1380. The minimum Gasteiger partial charge on any atom is -0.508 e. The third kappa shape index (κ3) is 4.84. The SMILES string of the molecule is Cc1cc2c(C(=O)c3ccc(OCCN4CCCCC4)cc3)c(-c3ccc(O)cc3)sc2c(C)c1O. The molecule has 1 fully saturated rings. The molecule has 4 aromatic rings. The maximum Gasteiger partial charge on any atom is 0.195 e. The Hall–Kier alpha value is -3.35. The minimum absolute atomic E-state index is 0.0753. The van der Waals surface area contributed by atoms with Crippen molar-refractivity contribution in [1.82, 2.24) is 4.90 Å².